The molecular weight excluding hydrogens is 280 g/mol. The highest BCUT2D eigenvalue weighted by Gasteiger charge is 2.21. The molecule has 118 valence electrons. The van der Waals surface area contributed by atoms with Gasteiger partial charge in [-0.3, -0.25) is 0 Å². The van der Waals surface area contributed by atoms with Gasteiger partial charge in [0.1, 0.15) is 23.7 Å². The van der Waals surface area contributed by atoms with Gasteiger partial charge in [-0.25, -0.2) is 0 Å². The monoisotopic (exact) mass is 302 g/mol. The Morgan fingerprint density at radius 3 is 1.55 bits per heavy atom. The number of ether oxygens (including phenoxy) is 2. The van der Waals surface area contributed by atoms with Gasteiger partial charge in [0.25, 0.3) is 0 Å². The molecule has 2 rings (SSSR count). The van der Waals surface area contributed by atoms with Crippen molar-refractivity contribution in [1.82, 2.24) is 0 Å². The van der Waals surface area contributed by atoms with E-state index < -0.39 is 12.2 Å². The first kappa shape index (κ1) is 16.3. The molecule has 0 radical (unpaired) electrons. The van der Waals surface area contributed by atoms with E-state index in [0.29, 0.717) is 35.8 Å². The van der Waals surface area contributed by atoms with E-state index in [1.165, 1.54) is 0 Å². The first-order chi connectivity index (χ1) is 10.7. The summed E-state index contributed by atoms with van der Waals surface area (Å²) in [6.07, 6.45) is -2.06. The molecule has 0 aromatic heterocycles. The average Bonchev–Trinajstić information content (AvgIpc) is 2.55. The summed E-state index contributed by atoms with van der Waals surface area (Å²) >= 11 is 0. The summed E-state index contributed by atoms with van der Waals surface area (Å²) in [6, 6.07) is 14.3. The van der Waals surface area contributed by atoms with Crippen LogP contribution in [0.25, 0.3) is 0 Å². The summed E-state index contributed by atoms with van der Waals surface area (Å²) in [5.41, 5.74) is 1.22. The van der Waals surface area contributed by atoms with Crippen molar-refractivity contribution in [2.24, 2.45) is 0 Å². The molecule has 2 atom stereocenters. The molecule has 0 bridgehead atoms. The fourth-order valence-corrected chi connectivity index (χ4v) is 2.27. The third kappa shape index (κ3) is 4.00. The van der Waals surface area contributed by atoms with Crippen LogP contribution in [-0.4, -0.2) is 23.4 Å². The topological polar surface area (TPSA) is 58.9 Å². The average molecular weight is 302 g/mol. The molecule has 2 aromatic rings. The quantitative estimate of drug-likeness (QED) is 0.824. The molecule has 4 nitrogen and oxygen atoms in total. The zero-order valence-electron chi connectivity index (χ0n) is 12.9. The van der Waals surface area contributed by atoms with Crippen molar-refractivity contribution in [3.63, 3.8) is 0 Å². The Bertz CT molecular complexity index is 544. The van der Waals surface area contributed by atoms with Crippen LogP contribution in [0.1, 0.15) is 37.2 Å². The molecule has 22 heavy (non-hydrogen) atoms. The van der Waals surface area contributed by atoms with E-state index in [9.17, 15) is 10.2 Å². The van der Waals surface area contributed by atoms with Gasteiger partial charge in [0, 0.05) is 0 Å². The Morgan fingerprint density at radius 2 is 1.18 bits per heavy atom. The molecule has 2 aromatic carbocycles. The van der Waals surface area contributed by atoms with Gasteiger partial charge in [-0.05, 0) is 49.2 Å². The third-order valence-corrected chi connectivity index (χ3v) is 3.32. The lowest BCUT2D eigenvalue weighted by Crippen LogP contribution is -2.10. The zero-order valence-corrected chi connectivity index (χ0v) is 12.9. The molecule has 0 saturated heterocycles. The molecule has 0 spiro atoms. The second-order valence-corrected chi connectivity index (χ2v) is 4.90. The van der Waals surface area contributed by atoms with E-state index in [2.05, 4.69) is 0 Å². The lowest BCUT2D eigenvalue weighted by atomic mass is 9.98. The maximum absolute atomic E-state index is 10.4. The molecule has 2 unspecified atom stereocenters. The van der Waals surface area contributed by atoms with Crippen LogP contribution in [0.15, 0.2) is 48.5 Å². The van der Waals surface area contributed by atoms with Crippen LogP contribution in [0.3, 0.4) is 0 Å². The van der Waals surface area contributed by atoms with Crippen LogP contribution in [-0.2, 0) is 0 Å². The van der Waals surface area contributed by atoms with Gasteiger partial charge >= 0.3 is 0 Å². The van der Waals surface area contributed by atoms with Crippen molar-refractivity contribution in [3.05, 3.63) is 59.7 Å². The minimum atomic E-state index is -1.03. The fraction of sp³-hybridized carbons (Fsp3) is 0.333. The van der Waals surface area contributed by atoms with Crippen molar-refractivity contribution in [2.45, 2.75) is 26.1 Å². The molecule has 0 amide bonds. The van der Waals surface area contributed by atoms with Crippen molar-refractivity contribution in [3.8, 4) is 11.5 Å². The zero-order chi connectivity index (χ0) is 15.9. The second kappa shape index (κ2) is 7.82. The number of hydrogen-bond donors (Lipinski definition) is 2. The van der Waals surface area contributed by atoms with E-state index in [4.69, 9.17) is 9.47 Å². The number of rotatable bonds is 7. The Labute approximate surface area is 130 Å². The van der Waals surface area contributed by atoms with Gasteiger partial charge in [-0.15, -0.1) is 0 Å². The van der Waals surface area contributed by atoms with Gasteiger partial charge in [0.2, 0.25) is 0 Å². The summed E-state index contributed by atoms with van der Waals surface area (Å²) < 4.78 is 10.8. The van der Waals surface area contributed by atoms with Crippen molar-refractivity contribution >= 4 is 0 Å². The Kier molecular flexibility index (Phi) is 5.81. The Balaban J connectivity index is 2.19. The standard InChI is InChI=1S/C18H22O4/c1-3-21-15-9-5-7-13(11-15)17(19)18(20)14-8-6-10-16(12-14)22-4-2/h5-12,17-20H,3-4H2,1-2H3. The molecule has 0 saturated carbocycles. The van der Waals surface area contributed by atoms with Gasteiger partial charge in [-0.1, -0.05) is 24.3 Å². The minimum Gasteiger partial charge on any atom is -0.494 e. The molecule has 0 aliphatic heterocycles. The van der Waals surface area contributed by atoms with Gasteiger partial charge in [0.05, 0.1) is 13.2 Å². The Morgan fingerprint density at radius 1 is 0.773 bits per heavy atom. The van der Waals surface area contributed by atoms with E-state index in [0.717, 1.165) is 0 Å². The van der Waals surface area contributed by atoms with Gasteiger partial charge in [-0.2, -0.15) is 0 Å². The van der Waals surface area contributed by atoms with Gasteiger partial charge < -0.3 is 19.7 Å². The first-order valence-electron chi connectivity index (χ1n) is 7.47. The maximum Gasteiger partial charge on any atom is 0.119 e. The highest BCUT2D eigenvalue weighted by molar-refractivity contribution is 5.34. The van der Waals surface area contributed by atoms with E-state index in [-0.39, 0.29) is 0 Å². The normalized spacial score (nSPS) is 13.5. The first-order valence-corrected chi connectivity index (χ1v) is 7.47. The molecule has 0 aliphatic carbocycles. The number of hydrogen-bond acceptors (Lipinski definition) is 4. The maximum atomic E-state index is 10.4. The molecule has 2 N–H and O–H groups in total. The molecular formula is C18H22O4. The SMILES string of the molecule is CCOc1cccc(C(O)C(O)c2cccc(OCC)c2)c1. The van der Waals surface area contributed by atoms with Crippen LogP contribution >= 0.6 is 0 Å². The molecule has 0 heterocycles. The minimum absolute atomic E-state index is 0.554. The van der Waals surface area contributed by atoms with Crippen LogP contribution in [0.2, 0.25) is 0 Å². The lowest BCUT2D eigenvalue weighted by molar-refractivity contribution is 0.0170. The van der Waals surface area contributed by atoms with E-state index in [1.54, 1.807) is 36.4 Å². The number of aliphatic hydroxyl groups is 2. The molecule has 0 aliphatic rings. The second-order valence-electron chi connectivity index (χ2n) is 4.90. The van der Waals surface area contributed by atoms with Crippen LogP contribution < -0.4 is 9.47 Å². The summed E-state index contributed by atoms with van der Waals surface area (Å²) in [6.45, 7) is 4.91. The highest BCUT2D eigenvalue weighted by atomic mass is 16.5. The van der Waals surface area contributed by atoms with Crippen LogP contribution in [0, 0.1) is 0 Å². The lowest BCUT2D eigenvalue weighted by Gasteiger charge is -2.20. The summed E-state index contributed by atoms with van der Waals surface area (Å²) in [5.74, 6) is 1.35. The summed E-state index contributed by atoms with van der Waals surface area (Å²) in [4.78, 5) is 0. The van der Waals surface area contributed by atoms with Crippen LogP contribution in [0.4, 0.5) is 0 Å². The number of benzene rings is 2. The van der Waals surface area contributed by atoms with E-state index >= 15 is 0 Å². The largest absolute Gasteiger partial charge is 0.494 e. The van der Waals surface area contributed by atoms with Crippen molar-refractivity contribution < 1.29 is 19.7 Å². The third-order valence-electron chi connectivity index (χ3n) is 3.32. The smallest absolute Gasteiger partial charge is 0.119 e. The highest BCUT2D eigenvalue weighted by Crippen LogP contribution is 2.31. The van der Waals surface area contributed by atoms with Crippen molar-refractivity contribution in [1.29, 1.82) is 0 Å². The van der Waals surface area contributed by atoms with Crippen LogP contribution in [0.5, 0.6) is 11.5 Å². The van der Waals surface area contributed by atoms with Crippen molar-refractivity contribution in [2.75, 3.05) is 13.2 Å². The molecule has 4 heteroatoms. The summed E-state index contributed by atoms with van der Waals surface area (Å²) in [7, 11) is 0. The predicted octanol–water partition coefficient (Wildman–Crippen LogP) is 3.25. The fourth-order valence-electron chi connectivity index (χ4n) is 2.27. The number of aliphatic hydroxyl groups excluding tert-OH is 2. The van der Waals surface area contributed by atoms with E-state index in [1.807, 2.05) is 26.0 Å². The summed E-state index contributed by atoms with van der Waals surface area (Å²) in [5, 5.41) is 20.8. The molecule has 0 fully saturated rings. The predicted molar refractivity (Wildman–Crippen MR) is 85.1 cm³/mol. The Hall–Kier alpha value is -2.04. The van der Waals surface area contributed by atoms with Gasteiger partial charge in [0.15, 0.2) is 0 Å².